The third-order valence-electron chi connectivity index (χ3n) is 1.95. The average molecular weight is 185 g/mol. The highest BCUT2D eigenvalue weighted by atomic mass is 16.6. The lowest BCUT2D eigenvalue weighted by Crippen LogP contribution is -2.45. The van der Waals surface area contributed by atoms with Gasteiger partial charge in [0.15, 0.2) is 0 Å². The molecule has 0 radical (unpaired) electrons. The van der Waals surface area contributed by atoms with E-state index in [1.165, 1.54) is 0 Å². The minimum absolute atomic E-state index is 0.0438. The lowest BCUT2D eigenvalue weighted by molar-refractivity contribution is -0.151. The minimum Gasteiger partial charge on any atom is -0.457 e. The summed E-state index contributed by atoms with van der Waals surface area (Å²) in [5.74, 6) is -0.401. The van der Waals surface area contributed by atoms with Crippen LogP contribution in [0, 0.1) is 0 Å². The van der Waals surface area contributed by atoms with E-state index in [0.717, 1.165) is 19.2 Å². The van der Waals surface area contributed by atoms with Gasteiger partial charge in [0.1, 0.15) is 12.2 Å². The highest BCUT2D eigenvalue weighted by Crippen LogP contribution is 2.06. The third-order valence-corrected chi connectivity index (χ3v) is 1.95. The van der Waals surface area contributed by atoms with E-state index in [0.29, 0.717) is 6.61 Å². The first kappa shape index (κ1) is 10.2. The van der Waals surface area contributed by atoms with Crippen molar-refractivity contribution in [3.05, 3.63) is 12.7 Å². The van der Waals surface area contributed by atoms with E-state index < -0.39 is 5.97 Å². The number of ether oxygens (including phenoxy) is 2. The molecule has 2 unspecified atom stereocenters. The molecule has 0 saturated carbocycles. The van der Waals surface area contributed by atoms with Crippen molar-refractivity contribution in [2.45, 2.75) is 19.1 Å². The van der Waals surface area contributed by atoms with E-state index in [1.807, 2.05) is 6.92 Å². The monoisotopic (exact) mass is 185 g/mol. The molecule has 0 bridgehead atoms. The zero-order chi connectivity index (χ0) is 9.68. The van der Waals surface area contributed by atoms with Gasteiger partial charge in [-0.25, -0.2) is 4.79 Å². The Balaban J connectivity index is 2.32. The van der Waals surface area contributed by atoms with Gasteiger partial charge in [-0.2, -0.15) is 0 Å². The number of carbonyl (C=O) groups is 1. The van der Waals surface area contributed by atoms with Crippen LogP contribution in [0.1, 0.15) is 6.92 Å². The van der Waals surface area contributed by atoms with Crippen molar-refractivity contribution < 1.29 is 14.3 Å². The SMILES string of the molecule is C=CC(=O)OC(C)C1CNCCO1. The number of nitrogens with one attached hydrogen (secondary N) is 1. The lowest BCUT2D eigenvalue weighted by Gasteiger charge is -2.28. The molecule has 0 spiro atoms. The predicted octanol–water partition coefficient (Wildman–Crippen LogP) is 0.0925. The smallest absolute Gasteiger partial charge is 0.330 e. The molecule has 1 heterocycles. The highest BCUT2D eigenvalue weighted by molar-refractivity contribution is 5.81. The molecule has 0 aromatic carbocycles. The standard InChI is InChI=1S/C9H15NO3/c1-3-9(11)13-7(2)8-6-10-4-5-12-8/h3,7-8,10H,1,4-6H2,2H3. The van der Waals surface area contributed by atoms with Gasteiger partial charge in [0.05, 0.1) is 6.61 Å². The average Bonchev–Trinajstić information content (AvgIpc) is 2.19. The second-order valence-corrected chi connectivity index (χ2v) is 2.96. The number of esters is 1. The van der Waals surface area contributed by atoms with Crippen molar-refractivity contribution >= 4 is 5.97 Å². The number of hydrogen-bond acceptors (Lipinski definition) is 4. The summed E-state index contributed by atoms with van der Waals surface area (Å²) in [6.07, 6.45) is 0.892. The van der Waals surface area contributed by atoms with Gasteiger partial charge in [0.2, 0.25) is 0 Å². The van der Waals surface area contributed by atoms with Crippen LogP contribution < -0.4 is 5.32 Å². The van der Waals surface area contributed by atoms with Crippen LogP contribution in [0.2, 0.25) is 0 Å². The van der Waals surface area contributed by atoms with Crippen molar-refractivity contribution in [3.63, 3.8) is 0 Å². The first-order valence-electron chi connectivity index (χ1n) is 4.39. The van der Waals surface area contributed by atoms with Crippen LogP contribution in [-0.2, 0) is 14.3 Å². The highest BCUT2D eigenvalue weighted by Gasteiger charge is 2.22. The molecular weight excluding hydrogens is 170 g/mol. The third kappa shape index (κ3) is 3.16. The Morgan fingerprint density at radius 2 is 2.62 bits per heavy atom. The predicted molar refractivity (Wildman–Crippen MR) is 48.4 cm³/mol. The van der Waals surface area contributed by atoms with Crippen LogP contribution in [0.4, 0.5) is 0 Å². The summed E-state index contributed by atoms with van der Waals surface area (Å²) in [5.41, 5.74) is 0. The van der Waals surface area contributed by atoms with Gasteiger partial charge in [-0.1, -0.05) is 6.58 Å². The second-order valence-electron chi connectivity index (χ2n) is 2.96. The minimum atomic E-state index is -0.401. The summed E-state index contributed by atoms with van der Waals surface area (Å²) in [6, 6.07) is 0. The van der Waals surface area contributed by atoms with Crippen molar-refractivity contribution in [2.24, 2.45) is 0 Å². The maximum atomic E-state index is 10.8. The molecule has 0 aromatic heterocycles. The van der Waals surface area contributed by atoms with Crippen molar-refractivity contribution in [2.75, 3.05) is 19.7 Å². The van der Waals surface area contributed by atoms with Crippen molar-refractivity contribution in [1.82, 2.24) is 5.32 Å². The van der Waals surface area contributed by atoms with Gasteiger partial charge in [0.25, 0.3) is 0 Å². The Labute approximate surface area is 77.9 Å². The second kappa shape index (κ2) is 4.99. The molecule has 1 N–H and O–H groups in total. The maximum absolute atomic E-state index is 10.8. The van der Waals surface area contributed by atoms with Crippen LogP contribution in [-0.4, -0.2) is 37.9 Å². The Morgan fingerprint density at radius 3 is 3.15 bits per heavy atom. The number of morpholine rings is 1. The van der Waals surface area contributed by atoms with Crippen molar-refractivity contribution in [3.8, 4) is 0 Å². The Morgan fingerprint density at radius 1 is 1.85 bits per heavy atom. The largest absolute Gasteiger partial charge is 0.457 e. The van der Waals surface area contributed by atoms with E-state index >= 15 is 0 Å². The maximum Gasteiger partial charge on any atom is 0.330 e. The summed E-state index contributed by atoms with van der Waals surface area (Å²) in [6.45, 7) is 7.40. The molecule has 2 atom stereocenters. The first-order valence-corrected chi connectivity index (χ1v) is 4.39. The van der Waals surface area contributed by atoms with Crippen molar-refractivity contribution in [1.29, 1.82) is 0 Å². The Kier molecular flexibility index (Phi) is 3.92. The van der Waals surface area contributed by atoms with Crippen LogP contribution in [0.25, 0.3) is 0 Å². The lowest BCUT2D eigenvalue weighted by atomic mass is 10.2. The fraction of sp³-hybridized carbons (Fsp3) is 0.667. The van der Waals surface area contributed by atoms with E-state index in [2.05, 4.69) is 11.9 Å². The molecule has 0 aromatic rings. The number of rotatable bonds is 3. The van der Waals surface area contributed by atoms with Crippen LogP contribution in [0.3, 0.4) is 0 Å². The first-order chi connectivity index (χ1) is 6.24. The molecular formula is C9H15NO3. The van der Waals surface area contributed by atoms with Gasteiger partial charge in [-0.3, -0.25) is 0 Å². The molecule has 0 amide bonds. The summed E-state index contributed by atoms with van der Waals surface area (Å²) in [4.78, 5) is 10.8. The summed E-state index contributed by atoms with van der Waals surface area (Å²) in [5, 5.41) is 3.16. The Bertz CT molecular complexity index is 187. The molecule has 1 rings (SSSR count). The summed E-state index contributed by atoms with van der Waals surface area (Å²) >= 11 is 0. The molecule has 4 heteroatoms. The zero-order valence-corrected chi connectivity index (χ0v) is 7.79. The van der Waals surface area contributed by atoms with Gasteiger partial charge < -0.3 is 14.8 Å². The van der Waals surface area contributed by atoms with E-state index in [1.54, 1.807) is 0 Å². The quantitative estimate of drug-likeness (QED) is 0.500. The molecule has 13 heavy (non-hydrogen) atoms. The Hall–Kier alpha value is -0.870. The summed E-state index contributed by atoms with van der Waals surface area (Å²) in [7, 11) is 0. The molecule has 74 valence electrons. The van der Waals surface area contributed by atoms with E-state index in [-0.39, 0.29) is 12.2 Å². The van der Waals surface area contributed by atoms with E-state index in [9.17, 15) is 4.79 Å². The normalized spacial score (nSPS) is 24.8. The fourth-order valence-electron chi connectivity index (χ4n) is 1.19. The van der Waals surface area contributed by atoms with E-state index in [4.69, 9.17) is 9.47 Å². The van der Waals surface area contributed by atoms with Gasteiger partial charge >= 0.3 is 5.97 Å². The molecule has 4 nitrogen and oxygen atoms in total. The van der Waals surface area contributed by atoms with Gasteiger partial charge in [0, 0.05) is 19.2 Å². The van der Waals surface area contributed by atoms with Gasteiger partial charge in [-0.15, -0.1) is 0 Å². The number of hydrogen-bond donors (Lipinski definition) is 1. The van der Waals surface area contributed by atoms with Gasteiger partial charge in [-0.05, 0) is 6.92 Å². The molecule has 1 aliphatic rings. The fourth-order valence-corrected chi connectivity index (χ4v) is 1.19. The number of carbonyl (C=O) groups excluding carboxylic acids is 1. The molecule has 1 aliphatic heterocycles. The topological polar surface area (TPSA) is 47.6 Å². The van der Waals surface area contributed by atoms with Crippen LogP contribution >= 0.6 is 0 Å². The molecule has 0 aliphatic carbocycles. The zero-order valence-electron chi connectivity index (χ0n) is 7.79. The van der Waals surface area contributed by atoms with Crippen LogP contribution in [0.5, 0.6) is 0 Å². The van der Waals surface area contributed by atoms with Crippen LogP contribution in [0.15, 0.2) is 12.7 Å². The summed E-state index contributed by atoms with van der Waals surface area (Å²) < 4.78 is 10.4. The molecule has 1 saturated heterocycles. The molecule has 1 fully saturated rings.